The first kappa shape index (κ1) is 25.5. The molecular formula is C27H37FN2O2. The fourth-order valence-electron chi connectivity index (χ4n) is 3.36. The van der Waals surface area contributed by atoms with Crippen molar-refractivity contribution < 1.29 is 13.9 Å². The quantitative estimate of drug-likeness (QED) is 0.161. The van der Waals surface area contributed by atoms with Gasteiger partial charge in [-0.15, -0.1) is 0 Å². The molecule has 0 aliphatic carbocycles. The summed E-state index contributed by atoms with van der Waals surface area (Å²) >= 11 is 0. The van der Waals surface area contributed by atoms with Gasteiger partial charge in [-0.1, -0.05) is 44.2 Å². The maximum atomic E-state index is 13.7. The Morgan fingerprint density at radius 3 is 2.38 bits per heavy atom. The molecule has 2 rings (SSSR count). The van der Waals surface area contributed by atoms with Crippen molar-refractivity contribution in [2.45, 2.75) is 39.7 Å². The van der Waals surface area contributed by atoms with Crippen LogP contribution in [0, 0.1) is 0 Å². The Kier molecular flexibility index (Phi) is 10.8. The normalized spacial score (nSPS) is 12.4. The van der Waals surface area contributed by atoms with Crippen LogP contribution in [-0.2, 0) is 9.47 Å². The van der Waals surface area contributed by atoms with E-state index in [4.69, 9.17) is 15.2 Å². The topological polar surface area (TPSA) is 47.7 Å². The summed E-state index contributed by atoms with van der Waals surface area (Å²) in [6.07, 6.45) is 3.08. The lowest BCUT2D eigenvalue weighted by Crippen LogP contribution is -2.22. The van der Waals surface area contributed by atoms with Gasteiger partial charge in [0, 0.05) is 36.6 Å². The van der Waals surface area contributed by atoms with Gasteiger partial charge in [0.05, 0.1) is 6.61 Å². The zero-order valence-electron chi connectivity index (χ0n) is 19.6. The van der Waals surface area contributed by atoms with Gasteiger partial charge in [0.15, 0.2) is 6.10 Å². The van der Waals surface area contributed by atoms with Crippen molar-refractivity contribution in [3.05, 3.63) is 72.3 Å². The molecule has 0 heterocycles. The minimum Gasteiger partial charge on any atom is -0.485 e. The van der Waals surface area contributed by atoms with Gasteiger partial charge in [-0.3, -0.25) is 0 Å². The first-order valence-electron chi connectivity index (χ1n) is 11.4. The highest BCUT2D eigenvalue weighted by Gasteiger charge is 2.16. The van der Waals surface area contributed by atoms with Crippen molar-refractivity contribution in [2.75, 3.05) is 43.6 Å². The first-order chi connectivity index (χ1) is 15.5. The van der Waals surface area contributed by atoms with E-state index in [0.29, 0.717) is 23.6 Å². The predicted molar refractivity (Wildman–Crippen MR) is 134 cm³/mol. The van der Waals surface area contributed by atoms with Crippen LogP contribution in [0.15, 0.2) is 61.2 Å². The SMILES string of the molecule is C=C(/C=C(/OC(CF)COCCCC)c1ccccc1N)c1ccc(N(CC)CC)cc1. The third kappa shape index (κ3) is 7.41. The van der Waals surface area contributed by atoms with Gasteiger partial charge in [0.2, 0.25) is 0 Å². The number of hydrogen-bond donors (Lipinski definition) is 1. The summed E-state index contributed by atoms with van der Waals surface area (Å²) in [4.78, 5) is 2.28. The van der Waals surface area contributed by atoms with Crippen LogP contribution in [0.3, 0.4) is 0 Å². The summed E-state index contributed by atoms with van der Waals surface area (Å²) in [5.41, 5.74) is 10.4. The van der Waals surface area contributed by atoms with Crippen LogP contribution >= 0.6 is 0 Å². The maximum Gasteiger partial charge on any atom is 0.150 e. The van der Waals surface area contributed by atoms with Gasteiger partial charge in [0.25, 0.3) is 0 Å². The Balaban J connectivity index is 2.26. The van der Waals surface area contributed by atoms with Crippen molar-refractivity contribution in [3.8, 4) is 0 Å². The van der Waals surface area contributed by atoms with Crippen molar-refractivity contribution in [1.29, 1.82) is 0 Å². The van der Waals surface area contributed by atoms with Gasteiger partial charge in [0.1, 0.15) is 12.4 Å². The monoisotopic (exact) mass is 440 g/mol. The first-order valence-corrected chi connectivity index (χ1v) is 11.4. The molecule has 2 aromatic rings. The number of anilines is 2. The lowest BCUT2D eigenvalue weighted by Gasteiger charge is -2.22. The van der Waals surface area contributed by atoms with E-state index >= 15 is 0 Å². The molecule has 32 heavy (non-hydrogen) atoms. The van der Waals surface area contributed by atoms with Gasteiger partial charge in [-0.25, -0.2) is 4.39 Å². The number of hydrogen-bond acceptors (Lipinski definition) is 4. The van der Waals surface area contributed by atoms with E-state index in [2.05, 4.69) is 44.4 Å². The standard InChI is InChI=1S/C27H37FN2O2/c1-5-8-17-31-20-24(19-28)32-27(25-11-9-10-12-26(25)29)18-21(4)22-13-15-23(16-14-22)30(6-2)7-3/h9-16,18,24H,4-8,17,19-20,29H2,1-3H3/b27-18+. The zero-order valence-corrected chi connectivity index (χ0v) is 19.6. The summed E-state index contributed by atoms with van der Waals surface area (Å²) in [5, 5.41) is 0. The molecule has 174 valence electrons. The number of rotatable bonds is 14. The number of ether oxygens (including phenoxy) is 2. The predicted octanol–water partition coefficient (Wildman–Crippen LogP) is 6.34. The van der Waals surface area contributed by atoms with E-state index < -0.39 is 12.8 Å². The van der Waals surface area contributed by atoms with Crippen molar-refractivity contribution in [3.63, 3.8) is 0 Å². The second kappa shape index (κ2) is 13.6. The number of allylic oxidation sites excluding steroid dienone is 2. The minimum absolute atomic E-state index is 0.186. The molecule has 0 bridgehead atoms. The summed E-state index contributed by atoms with van der Waals surface area (Å²) in [6, 6.07) is 15.7. The summed E-state index contributed by atoms with van der Waals surface area (Å²) < 4.78 is 25.3. The lowest BCUT2D eigenvalue weighted by atomic mass is 10.0. The molecule has 0 spiro atoms. The molecule has 0 aliphatic heterocycles. The average Bonchev–Trinajstić information content (AvgIpc) is 2.82. The molecule has 0 radical (unpaired) electrons. The van der Waals surface area contributed by atoms with Gasteiger partial charge in [-0.05, 0) is 61.7 Å². The largest absolute Gasteiger partial charge is 0.485 e. The average molecular weight is 441 g/mol. The number of nitrogens with zero attached hydrogens (tertiary/aromatic N) is 1. The highest BCUT2D eigenvalue weighted by Crippen LogP contribution is 2.28. The Bertz CT molecular complexity index is 860. The van der Waals surface area contributed by atoms with E-state index in [0.717, 1.165) is 37.1 Å². The number of benzene rings is 2. The molecule has 1 unspecified atom stereocenters. The Hall–Kier alpha value is -2.79. The number of alkyl halides is 1. The molecule has 0 saturated heterocycles. The molecule has 0 aliphatic rings. The molecule has 0 aromatic heterocycles. The van der Waals surface area contributed by atoms with Gasteiger partial charge in [-0.2, -0.15) is 0 Å². The number of unbranched alkanes of at least 4 members (excludes halogenated alkanes) is 1. The minimum atomic E-state index is -0.712. The summed E-state index contributed by atoms with van der Waals surface area (Å²) in [7, 11) is 0. The third-order valence-corrected chi connectivity index (χ3v) is 5.31. The summed E-state index contributed by atoms with van der Waals surface area (Å²) in [6.45, 7) is 12.6. The molecule has 2 N–H and O–H groups in total. The molecule has 4 nitrogen and oxygen atoms in total. The van der Waals surface area contributed by atoms with Crippen LogP contribution in [-0.4, -0.2) is 39.1 Å². The Labute approximate surface area is 192 Å². The fourth-order valence-corrected chi connectivity index (χ4v) is 3.36. The van der Waals surface area contributed by atoms with Crippen molar-refractivity contribution in [2.24, 2.45) is 0 Å². The van der Waals surface area contributed by atoms with Crippen molar-refractivity contribution in [1.82, 2.24) is 0 Å². The van der Waals surface area contributed by atoms with Gasteiger partial charge < -0.3 is 20.1 Å². The van der Waals surface area contributed by atoms with Crippen LogP contribution in [0.2, 0.25) is 0 Å². The Morgan fingerprint density at radius 1 is 1.09 bits per heavy atom. The van der Waals surface area contributed by atoms with E-state index in [-0.39, 0.29) is 6.61 Å². The molecule has 2 aromatic carbocycles. The zero-order chi connectivity index (χ0) is 23.3. The Morgan fingerprint density at radius 2 is 1.78 bits per heavy atom. The third-order valence-electron chi connectivity index (χ3n) is 5.31. The van der Waals surface area contributed by atoms with E-state index in [9.17, 15) is 4.39 Å². The molecule has 0 amide bonds. The number of nitrogen functional groups attached to an aromatic ring is 1. The van der Waals surface area contributed by atoms with Crippen LogP contribution < -0.4 is 10.6 Å². The summed E-state index contributed by atoms with van der Waals surface area (Å²) in [5.74, 6) is 0.489. The molecule has 1 atom stereocenters. The smallest absolute Gasteiger partial charge is 0.150 e. The van der Waals surface area contributed by atoms with Crippen LogP contribution in [0.5, 0.6) is 0 Å². The highest BCUT2D eigenvalue weighted by atomic mass is 19.1. The van der Waals surface area contributed by atoms with Crippen LogP contribution in [0.4, 0.5) is 15.8 Å². The molecule has 0 saturated carbocycles. The van der Waals surface area contributed by atoms with Crippen LogP contribution in [0.1, 0.15) is 44.7 Å². The van der Waals surface area contributed by atoms with Crippen molar-refractivity contribution >= 4 is 22.7 Å². The molecule has 0 fully saturated rings. The second-order valence-electron chi connectivity index (χ2n) is 7.66. The van der Waals surface area contributed by atoms with Crippen LogP contribution in [0.25, 0.3) is 11.3 Å². The fraction of sp³-hybridized carbons (Fsp3) is 0.407. The second-order valence-corrected chi connectivity index (χ2v) is 7.66. The lowest BCUT2D eigenvalue weighted by molar-refractivity contribution is 0.0229. The highest BCUT2D eigenvalue weighted by molar-refractivity contribution is 5.83. The molecular weight excluding hydrogens is 403 g/mol. The molecule has 5 heteroatoms. The van der Waals surface area contributed by atoms with Gasteiger partial charge >= 0.3 is 0 Å². The number of nitrogens with two attached hydrogens (primary N) is 1. The number of para-hydroxylation sites is 1. The van der Waals surface area contributed by atoms with E-state index in [1.807, 2.05) is 36.4 Å². The maximum absolute atomic E-state index is 13.7. The number of halogens is 1. The van der Waals surface area contributed by atoms with E-state index in [1.54, 1.807) is 6.07 Å². The van der Waals surface area contributed by atoms with E-state index in [1.165, 1.54) is 5.69 Å².